The Kier molecular flexibility index (Phi) is 4.04. The Bertz CT molecular complexity index is 901. The molecule has 0 amide bonds. The molecule has 3 rings (SSSR count). The van der Waals surface area contributed by atoms with Crippen LogP contribution in [0.2, 0.25) is 0 Å². The van der Waals surface area contributed by atoms with Gasteiger partial charge < -0.3 is 4.74 Å². The number of rotatable bonds is 3. The van der Waals surface area contributed by atoms with E-state index >= 15 is 0 Å². The van der Waals surface area contributed by atoms with Crippen molar-refractivity contribution >= 4 is 22.3 Å². The molecule has 0 aliphatic heterocycles. The molecule has 0 radical (unpaired) electrons. The van der Waals surface area contributed by atoms with E-state index in [4.69, 9.17) is 4.74 Å². The zero-order chi connectivity index (χ0) is 17.5. The predicted octanol–water partition coefficient (Wildman–Crippen LogP) is 4.04. The summed E-state index contributed by atoms with van der Waals surface area (Å²) in [5.41, 5.74) is -0.259. The normalized spacial score (nSPS) is 13.2. The lowest BCUT2D eigenvalue weighted by molar-refractivity contribution is -0.137. The monoisotopic (exact) mass is 355 g/mol. The van der Waals surface area contributed by atoms with Crippen LogP contribution < -0.4 is 0 Å². The highest BCUT2D eigenvalue weighted by atomic mass is 32.1. The Balaban J connectivity index is 1.81. The van der Waals surface area contributed by atoms with Gasteiger partial charge in [0, 0.05) is 0 Å². The number of aromatic nitrogens is 3. The highest BCUT2D eigenvalue weighted by Crippen LogP contribution is 2.32. The van der Waals surface area contributed by atoms with Gasteiger partial charge in [0.25, 0.3) is 0 Å². The summed E-state index contributed by atoms with van der Waals surface area (Å²) in [6, 6.07) is 4.16. The number of esters is 1. The number of carbonyl (C=O) groups is 1. The number of alkyl halides is 3. The fraction of sp³-hybridized carbons (Fsp3) is 0.267. The second-order valence-electron chi connectivity index (χ2n) is 5.13. The molecule has 1 aromatic carbocycles. The minimum Gasteiger partial charge on any atom is -0.453 e. The summed E-state index contributed by atoms with van der Waals surface area (Å²) in [4.78, 5) is 17.6. The Morgan fingerprint density at radius 3 is 2.79 bits per heavy atom. The van der Waals surface area contributed by atoms with E-state index < -0.39 is 23.8 Å². The number of thiazole rings is 1. The number of ether oxygens (including phenoxy) is 1. The van der Waals surface area contributed by atoms with Crippen molar-refractivity contribution in [2.75, 3.05) is 0 Å². The summed E-state index contributed by atoms with van der Waals surface area (Å²) in [6.07, 6.45) is -3.72. The number of hydrogen-bond acceptors (Lipinski definition) is 5. The first kappa shape index (κ1) is 16.4. The molecular formula is C15H12F3N3O2S. The van der Waals surface area contributed by atoms with E-state index in [2.05, 4.69) is 10.1 Å². The maximum Gasteiger partial charge on any atom is 0.416 e. The van der Waals surface area contributed by atoms with Crippen LogP contribution in [0.1, 0.15) is 39.5 Å². The minimum atomic E-state index is -4.51. The summed E-state index contributed by atoms with van der Waals surface area (Å²) >= 11 is 1.32. The smallest absolute Gasteiger partial charge is 0.416 e. The molecule has 2 aromatic heterocycles. The third-order valence-corrected chi connectivity index (χ3v) is 4.78. The van der Waals surface area contributed by atoms with Crippen molar-refractivity contribution in [2.45, 2.75) is 26.1 Å². The molecule has 5 nitrogen and oxygen atoms in total. The summed E-state index contributed by atoms with van der Waals surface area (Å²) < 4.78 is 45.1. The lowest BCUT2D eigenvalue weighted by Crippen LogP contribution is -2.11. The van der Waals surface area contributed by atoms with Crippen molar-refractivity contribution in [3.8, 4) is 0 Å². The quantitative estimate of drug-likeness (QED) is 0.666. The van der Waals surface area contributed by atoms with Crippen molar-refractivity contribution in [2.24, 2.45) is 0 Å². The van der Waals surface area contributed by atoms with Gasteiger partial charge in [-0.15, -0.1) is 0 Å². The molecule has 0 unspecified atom stereocenters. The molecule has 126 valence electrons. The van der Waals surface area contributed by atoms with Crippen LogP contribution >= 0.6 is 11.3 Å². The van der Waals surface area contributed by atoms with Crippen LogP contribution in [0.5, 0.6) is 0 Å². The van der Waals surface area contributed by atoms with Gasteiger partial charge >= 0.3 is 12.1 Å². The number of nitrogens with zero attached hydrogens (tertiary/aromatic N) is 3. The van der Waals surface area contributed by atoms with Gasteiger partial charge in [0.05, 0.1) is 21.7 Å². The summed E-state index contributed by atoms with van der Waals surface area (Å²) in [6.45, 7) is 3.46. The molecule has 0 aliphatic rings. The fourth-order valence-electron chi connectivity index (χ4n) is 2.29. The summed E-state index contributed by atoms with van der Waals surface area (Å²) in [7, 11) is 0. The van der Waals surface area contributed by atoms with Crippen molar-refractivity contribution in [1.29, 1.82) is 0 Å². The van der Waals surface area contributed by atoms with E-state index in [-0.39, 0.29) is 5.56 Å². The molecule has 0 spiro atoms. The van der Waals surface area contributed by atoms with Crippen LogP contribution in [0, 0.1) is 6.92 Å². The average Bonchev–Trinajstić information content (AvgIpc) is 3.10. The third kappa shape index (κ3) is 2.99. The highest BCUT2D eigenvalue weighted by Gasteiger charge is 2.31. The van der Waals surface area contributed by atoms with Gasteiger partial charge in [0.15, 0.2) is 0 Å². The second-order valence-corrected chi connectivity index (χ2v) is 6.14. The number of carbonyl (C=O) groups excluding carboxylic acids is 1. The topological polar surface area (TPSA) is 56.5 Å². The predicted molar refractivity (Wildman–Crippen MR) is 80.9 cm³/mol. The van der Waals surface area contributed by atoms with Crippen molar-refractivity contribution in [1.82, 2.24) is 14.6 Å². The minimum absolute atomic E-state index is 0.145. The second kappa shape index (κ2) is 5.90. The Morgan fingerprint density at radius 1 is 1.38 bits per heavy atom. The average molecular weight is 355 g/mol. The molecule has 2 heterocycles. The van der Waals surface area contributed by atoms with Crippen LogP contribution in [-0.4, -0.2) is 20.6 Å². The zero-order valence-electron chi connectivity index (χ0n) is 12.7. The van der Waals surface area contributed by atoms with E-state index in [0.717, 1.165) is 22.7 Å². The highest BCUT2D eigenvalue weighted by molar-refractivity contribution is 7.17. The molecule has 0 N–H and O–H groups in total. The number of halogens is 3. The van der Waals surface area contributed by atoms with Crippen LogP contribution in [0.15, 0.2) is 30.6 Å². The van der Waals surface area contributed by atoms with E-state index in [1.165, 1.54) is 29.8 Å². The van der Waals surface area contributed by atoms with Crippen LogP contribution in [0.3, 0.4) is 0 Å². The molecule has 3 aromatic rings. The SMILES string of the molecule is Cc1c([C@@H](C)OC(=O)c2cccc(C(F)(F)F)c2)sc2ncnn12. The lowest BCUT2D eigenvalue weighted by atomic mass is 10.1. The maximum atomic E-state index is 12.7. The molecule has 0 aliphatic carbocycles. The van der Waals surface area contributed by atoms with Gasteiger partial charge in [-0.05, 0) is 32.0 Å². The fourth-order valence-corrected chi connectivity index (χ4v) is 3.30. The van der Waals surface area contributed by atoms with E-state index in [0.29, 0.717) is 4.96 Å². The largest absolute Gasteiger partial charge is 0.453 e. The lowest BCUT2D eigenvalue weighted by Gasteiger charge is -2.13. The zero-order valence-corrected chi connectivity index (χ0v) is 13.5. The number of hydrogen-bond donors (Lipinski definition) is 0. The van der Waals surface area contributed by atoms with Gasteiger partial charge in [0.2, 0.25) is 4.96 Å². The molecule has 0 saturated heterocycles. The first-order valence-electron chi connectivity index (χ1n) is 6.94. The standard InChI is InChI=1S/C15H12F3N3O2S/c1-8-12(24-14-19-7-20-21(8)14)9(2)23-13(22)10-4-3-5-11(6-10)15(16,17)18/h3-7,9H,1-2H3/t9-/m1/s1. The van der Waals surface area contributed by atoms with Crippen LogP contribution in [0.25, 0.3) is 4.96 Å². The van der Waals surface area contributed by atoms with Crippen LogP contribution in [-0.2, 0) is 10.9 Å². The molecule has 1 atom stereocenters. The number of aryl methyl sites for hydroxylation is 1. The van der Waals surface area contributed by atoms with Gasteiger partial charge in [-0.25, -0.2) is 14.3 Å². The van der Waals surface area contributed by atoms with Crippen molar-refractivity contribution < 1.29 is 22.7 Å². The first-order valence-corrected chi connectivity index (χ1v) is 7.76. The molecule has 0 bridgehead atoms. The molecule has 0 saturated carbocycles. The Morgan fingerprint density at radius 2 is 2.12 bits per heavy atom. The summed E-state index contributed by atoms with van der Waals surface area (Å²) in [5, 5.41) is 4.05. The molecule has 0 fully saturated rings. The number of fused-ring (bicyclic) bond motifs is 1. The van der Waals surface area contributed by atoms with E-state index in [1.54, 1.807) is 11.4 Å². The van der Waals surface area contributed by atoms with Gasteiger partial charge in [-0.1, -0.05) is 17.4 Å². The van der Waals surface area contributed by atoms with Crippen LogP contribution in [0.4, 0.5) is 13.2 Å². The third-order valence-electron chi connectivity index (χ3n) is 3.47. The van der Waals surface area contributed by atoms with Crippen molar-refractivity contribution in [3.63, 3.8) is 0 Å². The summed E-state index contributed by atoms with van der Waals surface area (Å²) in [5.74, 6) is -0.813. The van der Waals surface area contributed by atoms with Gasteiger partial charge in [-0.2, -0.15) is 18.3 Å². The number of benzene rings is 1. The maximum absolute atomic E-state index is 12.7. The Hall–Kier alpha value is -2.42. The molecule has 9 heteroatoms. The van der Waals surface area contributed by atoms with E-state index in [9.17, 15) is 18.0 Å². The first-order chi connectivity index (χ1) is 11.3. The van der Waals surface area contributed by atoms with Gasteiger partial charge in [0.1, 0.15) is 12.4 Å². The van der Waals surface area contributed by atoms with Crippen molar-refractivity contribution in [3.05, 3.63) is 52.3 Å². The van der Waals surface area contributed by atoms with Gasteiger partial charge in [-0.3, -0.25) is 0 Å². The molecule has 24 heavy (non-hydrogen) atoms. The molecular weight excluding hydrogens is 343 g/mol. The van der Waals surface area contributed by atoms with E-state index in [1.807, 2.05) is 6.92 Å². The Labute approximate surface area is 138 Å².